The Bertz CT molecular complexity index is 404. The summed E-state index contributed by atoms with van der Waals surface area (Å²) in [7, 11) is -0.0136. The van der Waals surface area contributed by atoms with Gasteiger partial charge in [-0.1, -0.05) is 39.0 Å². The fraction of sp³-hybridized carbons (Fsp3) is 0.667. The van der Waals surface area contributed by atoms with Crippen molar-refractivity contribution in [3.8, 4) is 0 Å². The molecule has 0 N–H and O–H groups in total. The Balaban J connectivity index is 2.72. The molecule has 0 aliphatic heterocycles. The predicted octanol–water partition coefficient (Wildman–Crippen LogP) is 5.45. The highest BCUT2D eigenvalue weighted by Gasteiger charge is 2.39. The molecule has 0 bridgehead atoms. The van der Waals surface area contributed by atoms with Crippen LogP contribution >= 0.6 is 0 Å². The van der Waals surface area contributed by atoms with Gasteiger partial charge in [0, 0.05) is 5.41 Å². The van der Waals surface area contributed by atoms with Crippen molar-refractivity contribution in [1.82, 2.24) is 0 Å². The van der Waals surface area contributed by atoms with Gasteiger partial charge in [0.2, 0.25) is 0 Å². The van der Waals surface area contributed by atoms with Crippen LogP contribution < -0.4 is 0 Å². The van der Waals surface area contributed by atoms with Crippen molar-refractivity contribution in [3.63, 3.8) is 0 Å². The maximum atomic E-state index is 6.48. The number of ether oxygens (including phenoxy) is 1. The van der Waals surface area contributed by atoms with Crippen molar-refractivity contribution in [1.29, 1.82) is 0 Å². The monoisotopic (exact) mass is 308 g/mol. The number of hydrogen-bond donors (Lipinski definition) is 0. The number of methoxy groups -OCH3 is 1. The third kappa shape index (κ3) is 4.85. The van der Waals surface area contributed by atoms with Crippen molar-refractivity contribution >= 4 is 8.32 Å². The van der Waals surface area contributed by atoms with Gasteiger partial charge in [0.25, 0.3) is 0 Å². The molecule has 3 heteroatoms. The summed E-state index contributed by atoms with van der Waals surface area (Å²) in [5.74, 6) is 0. The van der Waals surface area contributed by atoms with Crippen LogP contribution in [0.2, 0.25) is 18.1 Å². The lowest BCUT2D eigenvalue weighted by molar-refractivity contribution is 0.187. The van der Waals surface area contributed by atoms with E-state index in [9.17, 15) is 0 Å². The highest BCUT2D eigenvalue weighted by atomic mass is 28.4. The van der Waals surface area contributed by atoms with E-state index in [1.807, 2.05) is 0 Å². The summed E-state index contributed by atoms with van der Waals surface area (Å²) >= 11 is 0. The van der Waals surface area contributed by atoms with E-state index in [-0.39, 0.29) is 16.6 Å². The average Bonchev–Trinajstić information content (AvgIpc) is 2.40. The van der Waals surface area contributed by atoms with E-state index in [1.54, 1.807) is 13.4 Å². The zero-order valence-corrected chi connectivity index (χ0v) is 15.6. The van der Waals surface area contributed by atoms with Gasteiger partial charge >= 0.3 is 0 Å². The lowest BCUT2D eigenvalue weighted by atomic mass is 9.76. The van der Waals surface area contributed by atoms with Gasteiger partial charge in [-0.3, -0.25) is 0 Å². The van der Waals surface area contributed by atoms with Gasteiger partial charge in [0.15, 0.2) is 8.32 Å². The molecule has 1 rings (SSSR count). The molecule has 0 aromatic carbocycles. The molecule has 1 aliphatic carbocycles. The van der Waals surface area contributed by atoms with Crippen molar-refractivity contribution in [2.75, 3.05) is 7.11 Å². The van der Waals surface area contributed by atoms with Crippen LogP contribution in [0, 0.1) is 5.41 Å². The Morgan fingerprint density at radius 1 is 1.38 bits per heavy atom. The number of rotatable bonds is 6. The second-order valence-corrected chi connectivity index (χ2v) is 12.3. The van der Waals surface area contributed by atoms with Crippen LogP contribution in [-0.2, 0) is 9.16 Å². The maximum Gasteiger partial charge on any atom is 0.192 e. The number of allylic oxidation sites excluding steroid dienone is 3. The summed E-state index contributed by atoms with van der Waals surface area (Å²) in [5.41, 5.74) is 0.0579. The summed E-state index contributed by atoms with van der Waals surface area (Å²) in [6.45, 7) is 15.5. The maximum absolute atomic E-state index is 6.48. The van der Waals surface area contributed by atoms with Crippen LogP contribution in [-0.4, -0.2) is 21.5 Å². The van der Waals surface area contributed by atoms with E-state index < -0.39 is 8.32 Å². The van der Waals surface area contributed by atoms with E-state index in [0.717, 1.165) is 19.3 Å². The molecule has 0 heterocycles. The third-order valence-corrected chi connectivity index (χ3v) is 9.43. The van der Waals surface area contributed by atoms with Gasteiger partial charge in [-0.2, -0.15) is 0 Å². The molecule has 0 saturated heterocycles. The standard InChI is InChI=1S/C18H32O2Si/c1-8-18(12-9-15-19-5)13-10-16(11-14-18)20-21(6,7)17(2,3)4/h8-10,13,15-16H,1,11-12,14H2,2-7H3/b15-9+/t16-,18?/m1/s1. The molecule has 0 aromatic heterocycles. The lowest BCUT2D eigenvalue weighted by Crippen LogP contribution is -2.44. The van der Waals surface area contributed by atoms with Crippen LogP contribution in [0.4, 0.5) is 0 Å². The van der Waals surface area contributed by atoms with Gasteiger partial charge in [-0.25, -0.2) is 0 Å². The minimum absolute atomic E-state index is 0.0579. The van der Waals surface area contributed by atoms with Crippen molar-refractivity contribution in [2.45, 2.75) is 64.3 Å². The predicted molar refractivity (Wildman–Crippen MR) is 93.8 cm³/mol. The highest BCUT2D eigenvalue weighted by Crippen LogP contribution is 2.41. The zero-order valence-electron chi connectivity index (χ0n) is 14.6. The first-order valence-corrected chi connectivity index (χ1v) is 10.8. The van der Waals surface area contributed by atoms with E-state index in [2.05, 4.69) is 64.7 Å². The molecule has 0 radical (unpaired) electrons. The summed E-state index contributed by atoms with van der Waals surface area (Å²) < 4.78 is 11.5. The molecule has 2 nitrogen and oxygen atoms in total. The topological polar surface area (TPSA) is 18.5 Å². The Morgan fingerprint density at radius 3 is 2.48 bits per heavy atom. The van der Waals surface area contributed by atoms with E-state index in [0.29, 0.717) is 0 Å². The van der Waals surface area contributed by atoms with Crippen LogP contribution in [0.5, 0.6) is 0 Å². The van der Waals surface area contributed by atoms with Crippen molar-refractivity contribution in [3.05, 3.63) is 37.1 Å². The molecule has 1 aliphatic rings. The van der Waals surface area contributed by atoms with Gasteiger partial charge in [-0.15, -0.1) is 6.58 Å². The van der Waals surface area contributed by atoms with Gasteiger partial charge < -0.3 is 9.16 Å². The first-order chi connectivity index (χ1) is 9.66. The van der Waals surface area contributed by atoms with Crippen LogP contribution in [0.25, 0.3) is 0 Å². The molecular weight excluding hydrogens is 276 g/mol. The normalized spacial score (nSPS) is 27.0. The Hall–Kier alpha value is -0.803. The van der Waals surface area contributed by atoms with Gasteiger partial charge in [0.1, 0.15) is 0 Å². The smallest absolute Gasteiger partial charge is 0.192 e. The molecule has 21 heavy (non-hydrogen) atoms. The highest BCUT2D eigenvalue weighted by molar-refractivity contribution is 6.74. The summed E-state index contributed by atoms with van der Waals surface area (Å²) in [6.07, 6.45) is 13.7. The van der Waals surface area contributed by atoms with Gasteiger partial charge in [-0.05, 0) is 43.5 Å². The van der Waals surface area contributed by atoms with Crippen LogP contribution in [0.15, 0.2) is 37.1 Å². The van der Waals surface area contributed by atoms with Crippen molar-refractivity contribution in [2.24, 2.45) is 5.41 Å². The fourth-order valence-corrected chi connectivity index (χ4v) is 3.64. The second kappa shape index (κ2) is 6.97. The van der Waals surface area contributed by atoms with Gasteiger partial charge in [0.05, 0.1) is 19.5 Å². The largest absolute Gasteiger partial charge is 0.505 e. The summed E-state index contributed by atoms with van der Waals surface area (Å²) in [6, 6.07) is 0. The average molecular weight is 309 g/mol. The molecule has 2 atom stereocenters. The first kappa shape index (κ1) is 18.2. The lowest BCUT2D eigenvalue weighted by Gasteiger charge is -2.41. The van der Waals surface area contributed by atoms with E-state index in [4.69, 9.17) is 9.16 Å². The quantitative estimate of drug-likeness (QED) is 0.369. The Kier molecular flexibility index (Phi) is 6.06. The molecule has 0 saturated carbocycles. The van der Waals surface area contributed by atoms with E-state index >= 15 is 0 Å². The summed E-state index contributed by atoms with van der Waals surface area (Å²) in [4.78, 5) is 0. The van der Waals surface area contributed by atoms with Crippen LogP contribution in [0.1, 0.15) is 40.0 Å². The summed E-state index contributed by atoms with van der Waals surface area (Å²) in [5, 5.41) is 0.259. The number of hydrogen-bond acceptors (Lipinski definition) is 2. The molecule has 0 fully saturated rings. The fourth-order valence-electron chi connectivity index (χ4n) is 2.33. The van der Waals surface area contributed by atoms with Crippen molar-refractivity contribution < 1.29 is 9.16 Å². The SMILES string of the molecule is C=CC1(C/C=C/OC)C=C[C@@H](O[Si](C)(C)C(C)(C)C)CC1. The molecule has 1 unspecified atom stereocenters. The molecule has 0 aromatic rings. The first-order valence-electron chi connectivity index (χ1n) is 7.84. The Labute approximate surface area is 132 Å². The van der Waals surface area contributed by atoms with E-state index in [1.165, 1.54) is 0 Å². The Morgan fingerprint density at radius 2 is 2.05 bits per heavy atom. The minimum Gasteiger partial charge on any atom is -0.505 e. The molecule has 0 spiro atoms. The molecule has 0 amide bonds. The minimum atomic E-state index is -1.69. The zero-order chi connectivity index (χ0) is 16.1. The molecule has 120 valence electrons. The second-order valence-electron chi connectivity index (χ2n) is 7.56. The molecular formula is C18H32O2Si. The third-order valence-electron chi connectivity index (χ3n) is 4.93. The van der Waals surface area contributed by atoms with Crippen LogP contribution in [0.3, 0.4) is 0 Å².